The number of benzene rings is 1. The second-order valence-corrected chi connectivity index (χ2v) is 5.23. The molecule has 0 aliphatic carbocycles. The first kappa shape index (κ1) is 12.5. The minimum Gasteiger partial charge on any atom is -0.347 e. The first-order valence-electron chi connectivity index (χ1n) is 5.56. The smallest absolute Gasteiger partial charge is 0.0488 e. The molecule has 0 saturated carbocycles. The first-order chi connectivity index (χ1) is 7.99. The van der Waals surface area contributed by atoms with E-state index in [0.29, 0.717) is 0 Å². The number of hydrogen-bond acceptors (Lipinski definition) is 0. The summed E-state index contributed by atoms with van der Waals surface area (Å²) in [5.74, 6) is 0. The zero-order chi connectivity index (χ0) is 12.6. The monoisotopic (exact) mass is 267 g/mol. The lowest BCUT2D eigenvalue weighted by atomic mass is 10.2. The molecule has 1 nitrogen and oxygen atoms in total. The Labute approximate surface area is 112 Å². The molecule has 1 aromatic heterocycles. The Kier molecular flexibility index (Phi) is 3.50. The Morgan fingerprint density at radius 3 is 2.41 bits per heavy atom. The standard InChI is InChI=1S/C14H15Cl2N/c1-9-7-17(11(3)10(9)2)8-12-6-13(15)4-5-14(12)16/h4-7H,8H2,1-3H3. The summed E-state index contributed by atoms with van der Waals surface area (Å²) in [5.41, 5.74) is 4.97. The molecule has 2 rings (SSSR count). The van der Waals surface area contributed by atoms with E-state index in [0.717, 1.165) is 22.2 Å². The van der Waals surface area contributed by atoms with Crippen molar-refractivity contribution < 1.29 is 0 Å². The minimum atomic E-state index is 0.725. The van der Waals surface area contributed by atoms with Gasteiger partial charge in [-0.25, -0.2) is 0 Å². The molecule has 0 radical (unpaired) electrons. The van der Waals surface area contributed by atoms with E-state index in [4.69, 9.17) is 23.2 Å². The fraction of sp³-hybridized carbons (Fsp3) is 0.286. The van der Waals surface area contributed by atoms with E-state index < -0.39 is 0 Å². The SMILES string of the molecule is Cc1cn(Cc2cc(Cl)ccc2Cl)c(C)c1C. The van der Waals surface area contributed by atoms with Crippen LogP contribution in [0.2, 0.25) is 10.0 Å². The minimum absolute atomic E-state index is 0.725. The molecule has 0 atom stereocenters. The Bertz CT molecular complexity index is 556. The molecule has 3 heteroatoms. The zero-order valence-electron chi connectivity index (χ0n) is 10.2. The van der Waals surface area contributed by atoms with E-state index in [1.807, 2.05) is 18.2 Å². The molecule has 0 aliphatic rings. The summed E-state index contributed by atoms with van der Waals surface area (Å²) < 4.78 is 2.21. The third kappa shape index (κ3) is 2.51. The van der Waals surface area contributed by atoms with E-state index in [9.17, 15) is 0 Å². The Morgan fingerprint density at radius 2 is 1.82 bits per heavy atom. The van der Waals surface area contributed by atoms with Crippen LogP contribution in [0.3, 0.4) is 0 Å². The van der Waals surface area contributed by atoms with E-state index in [2.05, 4.69) is 31.5 Å². The van der Waals surface area contributed by atoms with Crippen molar-refractivity contribution >= 4 is 23.2 Å². The van der Waals surface area contributed by atoms with Gasteiger partial charge in [0.05, 0.1) is 0 Å². The lowest BCUT2D eigenvalue weighted by molar-refractivity contribution is 0.773. The number of hydrogen-bond donors (Lipinski definition) is 0. The average molecular weight is 268 g/mol. The van der Waals surface area contributed by atoms with Gasteiger partial charge < -0.3 is 4.57 Å². The molecule has 0 N–H and O–H groups in total. The Balaban J connectivity index is 2.37. The Morgan fingerprint density at radius 1 is 1.12 bits per heavy atom. The molecular weight excluding hydrogens is 253 g/mol. The van der Waals surface area contributed by atoms with Gasteiger partial charge in [0, 0.05) is 28.5 Å². The summed E-state index contributed by atoms with van der Waals surface area (Å²) in [7, 11) is 0. The highest BCUT2D eigenvalue weighted by Gasteiger charge is 2.08. The van der Waals surface area contributed by atoms with Gasteiger partial charge in [0.25, 0.3) is 0 Å². The second-order valence-electron chi connectivity index (χ2n) is 4.39. The second kappa shape index (κ2) is 4.75. The van der Waals surface area contributed by atoms with Gasteiger partial charge in [-0.3, -0.25) is 0 Å². The maximum atomic E-state index is 6.17. The molecule has 0 amide bonds. The zero-order valence-corrected chi connectivity index (χ0v) is 11.7. The normalized spacial score (nSPS) is 10.9. The largest absolute Gasteiger partial charge is 0.347 e. The van der Waals surface area contributed by atoms with Crippen molar-refractivity contribution in [3.05, 3.63) is 56.8 Å². The quantitative estimate of drug-likeness (QED) is 0.739. The Hall–Kier alpha value is -0.920. The molecule has 1 aromatic carbocycles. The molecule has 90 valence electrons. The van der Waals surface area contributed by atoms with Crippen LogP contribution in [0, 0.1) is 20.8 Å². The molecule has 0 spiro atoms. The van der Waals surface area contributed by atoms with E-state index >= 15 is 0 Å². The van der Waals surface area contributed by atoms with Gasteiger partial charge >= 0.3 is 0 Å². The fourth-order valence-corrected chi connectivity index (χ4v) is 2.31. The van der Waals surface area contributed by atoms with Gasteiger partial charge in [-0.2, -0.15) is 0 Å². The summed E-state index contributed by atoms with van der Waals surface area (Å²) >= 11 is 12.2. The van der Waals surface area contributed by atoms with Crippen LogP contribution in [0.5, 0.6) is 0 Å². The number of aromatic nitrogens is 1. The number of rotatable bonds is 2. The molecule has 2 aromatic rings. The van der Waals surface area contributed by atoms with E-state index in [-0.39, 0.29) is 0 Å². The van der Waals surface area contributed by atoms with Crippen LogP contribution in [0.15, 0.2) is 24.4 Å². The van der Waals surface area contributed by atoms with Crippen molar-refractivity contribution in [1.82, 2.24) is 4.57 Å². The molecule has 17 heavy (non-hydrogen) atoms. The van der Waals surface area contributed by atoms with Crippen LogP contribution in [0.1, 0.15) is 22.4 Å². The number of aryl methyl sites for hydroxylation is 1. The lowest BCUT2D eigenvalue weighted by Crippen LogP contribution is -2.01. The summed E-state index contributed by atoms with van der Waals surface area (Å²) in [5, 5.41) is 1.49. The molecular formula is C14H15Cl2N. The maximum Gasteiger partial charge on any atom is 0.0488 e. The molecule has 0 bridgehead atoms. The topological polar surface area (TPSA) is 4.93 Å². The van der Waals surface area contributed by atoms with Gasteiger partial charge in [0.2, 0.25) is 0 Å². The van der Waals surface area contributed by atoms with Gasteiger partial charge in [-0.1, -0.05) is 23.2 Å². The molecule has 0 fully saturated rings. The predicted octanol–water partition coefficient (Wildman–Crippen LogP) is 4.77. The van der Waals surface area contributed by atoms with Gasteiger partial charge in [0.15, 0.2) is 0 Å². The summed E-state index contributed by atoms with van der Waals surface area (Å²) in [4.78, 5) is 0. The van der Waals surface area contributed by atoms with Gasteiger partial charge in [-0.05, 0) is 55.7 Å². The highest BCUT2D eigenvalue weighted by atomic mass is 35.5. The maximum absolute atomic E-state index is 6.17. The van der Waals surface area contributed by atoms with Crippen LogP contribution in [0.4, 0.5) is 0 Å². The van der Waals surface area contributed by atoms with Crippen molar-refractivity contribution in [2.45, 2.75) is 27.3 Å². The van der Waals surface area contributed by atoms with Crippen LogP contribution >= 0.6 is 23.2 Å². The molecule has 0 unspecified atom stereocenters. The van der Waals surface area contributed by atoms with Gasteiger partial charge in [-0.15, -0.1) is 0 Å². The highest BCUT2D eigenvalue weighted by Crippen LogP contribution is 2.23. The van der Waals surface area contributed by atoms with Crippen molar-refractivity contribution in [2.24, 2.45) is 0 Å². The third-order valence-corrected chi connectivity index (χ3v) is 3.87. The highest BCUT2D eigenvalue weighted by molar-refractivity contribution is 6.33. The lowest BCUT2D eigenvalue weighted by Gasteiger charge is -2.09. The third-order valence-electron chi connectivity index (χ3n) is 3.26. The van der Waals surface area contributed by atoms with Crippen LogP contribution in [0.25, 0.3) is 0 Å². The summed E-state index contributed by atoms with van der Waals surface area (Å²) in [6.07, 6.45) is 2.15. The van der Waals surface area contributed by atoms with Crippen LogP contribution in [-0.2, 0) is 6.54 Å². The fourth-order valence-electron chi connectivity index (χ4n) is 1.94. The van der Waals surface area contributed by atoms with Crippen molar-refractivity contribution in [1.29, 1.82) is 0 Å². The van der Waals surface area contributed by atoms with Crippen molar-refractivity contribution in [2.75, 3.05) is 0 Å². The number of nitrogens with zero attached hydrogens (tertiary/aromatic N) is 1. The summed E-state index contributed by atoms with van der Waals surface area (Å²) in [6.45, 7) is 7.15. The van der Waals surface area contributed by atoms with E-state index in [1.54, 1.807) is 0 Å². The van der Waals surface area contributed by atoms with Gasteiger partial charge in [0.1, 0.15) is 0 Å². The molecule has 0 aliphatic heterocycles. The van der Waals surface area contributed by atoms with Crippen LogP contribution < -0.4 is 0 Å². The number of halogens is 2. The molecule has 1 heterocycles. The predicted molar refractivity (Wildman–Crippen MR) is 74.2 cm³/mol. The molecule has 0 saturated heterocycles. The van der Waals surface area contributed by atoms with Crippen LogP contribution in [-0.4, -0.2) is 4.57 Å². The summed E-state index contributed by atoms with van der Waals surface area (Å²) in [6, 6.07) is 5.58. The van der Waals surface area contributed by atoms with Crippen molar-refractivity contribution in [3.8, 4) is 0 Å². The van der Waals surface area contributed by atoms with E-state index in [1.165, 1.54) is 16.8 Å². The average Bonchev–Trinajstić information content (AvgIpc) is 2.52. The van der Waals surface area contributed by atoms with Crippen molar-refractivity contribution in [3.63, 3.8) is 0 Å². The first-order valence-corrected chi connectivity index (χ1v) is 6.31.